The molecule has 8 heavy (non-hydrogen) atoms. The number of β-amino-alcohol motifs (C(OH)–C–C–N with tert-alkyl or cyclic N) is 1. The molecule has 1 saturated heterocycles. The molecule has 1 atom stereocenters. The lowest BCUT2D eigenvalue weighted by atomic mass is 10.3. The molecule has 0 aliphatic carbocycles. The first-order valence-corrected chi connectivity index (χ1v) is 3.28. The largest absolute Gasteiger partial charge is 0.392 e. The van der Waals surface area contributed by atoms with E-state index in [0.717, 1.165) is 19.5 Å². The minimum Gasteiger partial charge on any atom is -0.392 e. The van der Waals surface area contributed by atoms with Crippen molar-refractivity contribution in [3.63, 3.8) is 0 Å². The van der Waals surface area contributed by atoms with Gasteiger partial charge < -0.3 is 10.4 Å². The maximum Gasteiger partial charge on any atom is 0.0676 e. The van der Waals surface area contributed by atoms with E-state index in [9.17, 15) is 0 Å². The SMILES string of the molecule is CC.O[C@@H]1CCNC1. The molecule has 0 radical (unpaired) electrons. The van der Waals surface area contributed by atoms with E-state index < -0.39 is 0 Å². The van der Waals surface area contributed by atoms with Gasteiger partial charge >= 0.3 is 0 Å². The van der Waals surface area contributed by atoms with Crippen molar-refractivity contribution >= 4 is 0 Å². The predicted molar refractivity (Wildman–Crippen MR) is 34.8 cm³/mol. The Morgan fingerprint density at radius 3 is 2.25 bits per heavy atom. The van der Waals surface area contributed by atoms with Gasteiger partial charge in [-0.25, -0.2) is 0 Å². The van der Waals surface area contributed by atoms with Crippen LogP contribution in [0.15, 0.2) is 0 Å². The third-order valence-electron chi connectivity index (χ3n) is 1.03. The Morgan fingerprint density at radius 1 is 1.50 bits per heavy atom. The fourth-order valence-corrected chi connectivity index (χ4v) is 0.639. The van der Waals surface area contributed by atoms with Gasteiger partial charge in [0, 0.05) is 6.54 Å². The van der Waals surface area contributed by atoms with E-state index in [4.69, 9.17) is 5.11 Å². The second kappa shape index (κ2) is 5.06. The third-order valence-corrected chi connectivity index (χ3v) is 1.03. The first kappa shape index (κ1) is 7.92. The quantitative estimate of drug-likeness (QED) is 0.480. The summed E-state index contributed by atoms with van der Waals surface area (Å²) in [6.07, 6.45) is 0.866. The van der Waals surface area contributed by atoms with E-state index in [1.165, 1.54) is 0 Å². The zero-order valence-corrected chi connectivity index (χ0v) is 5.65. The van der Waals surface area contributed by atoms with Crippen molar-refractivity contribution in [2.24, 2.45) is 0 Å². The van der Waals surface area contributed by atoms with Gasteiger partial charge in [-0.2, -0.15) is 0 Å². The number of hydrogen-bond donors (Lipinski definition) is 2. The smallest absolute Gasteiger partial charge is 0.0676 e. The van der Waals surface area contributed by atoms with Gasteiger partial charge in [-0.1, -0.05) is 13.8 Å². The highest BCUT2D eigenvalue weighted by Crippen LogP contribution is 1.93. The van der Waals surface area contributed by atoms with Crippen LogP contribution in [0.4, 0.5) is 0 Å². The Kier molecular flexibility index (Phi) is 5.01. The van der Waals surface area contributed by atoms with Gasteiger partial charge in [0.15, 0.2) is 0 Å². The van der Waals surface area contributed by atoms with Crippen molar-refractivity contribution < 1.29 is 5.11 Å². The van der Waals surface area contributed by atoms with Gasteiger partial charge in [0.1, 0.15) is 0 Å². The normalized spacial score (nSPS) is 26.6. The van der Waals surface area contributed by atoms with Gasteiger partial charge in [-0.05, 0) is 13.0 Å². The van der Waals surface area contributed by atoms with E-state index in [2.05, 4.69) is 5.32 Å². The Hall–Kier alpha value is -0.0800. The van der Waals surface area contributed by atoms with Gasteiger partial charge in [0.05, 0.1) is 6.10 Å². The molecule has 0 saturated carbocycles. The van der Waals surface area contributed by atoms with Crippen LogP contribution in [0.25, 0.3) is 0 Å². The monoisotopic (exact) mass is 117 g/mol. The molecule has 0 aromatic carbocycles. The number of aliphatic hydroxyl groups is 1. The summed E-state index contributed by atoms with van der Waals surface area (Å²) in [5.74, 6) is 0. The molecule has 1 heterocycles. The fraction of sp³-hybridized carbons (Fsp3) is 1.00. The summed E-state index contributed by atoms with van der Waals surface area (Å²) in [7, 11) is 0. The lowest BCUT2D eigenvalue weighted by molar-refractivity contribution is 0.196. The van der Waals surface area contributed by atoms with Crippen LogP contribution in [-0.4, -0.2) is 24.3 Å². The van der Waals surface area contributed by atoms with Crippen LogP contribution in [0.1, 0.15) is 20.3 Å². The van der Waals surface area contributed by atoms with Crippen LogP contribution in [0.5, 0.6) is 0 Å². The summed E-state index contributed by atoms with van der Waals surface area (Å²) in [5.41, 5.74) is 0. The van der Waals surface area contributed by atoms with Crippen LogP contribution in [0, 0.1) is 0 Å². The topological polar surface area (TPSA) is 32.3 Å². The molecule has 0 aromatic rings. The highest BCUT2D eigenvalue weighted by Gasteiger charge is 2.08. The Balaban J connectivity index is 0.000000222. The standard InChI is InChI=1S/C4H9NO.C2H6/c6-4-1-2-5-3-4;1-2/h4-6H,1-3H2;1-2H3/t4-;/m1./s1. The van der Waals surface area contributed by atoms with E-state index in [1.54, 1.807) is 0 Å². The van der Waals surface area contributed by atoms with Crippen molar-refractivity contribution in [2.45, 2.75) is 26.4 Å². The molecule has 1 fully saturated rings. The van der Waals surface area contributed by atoms with Gasteiger partial charge in [0.2, 0.25) is 0 Å². The lowest BCUT2D eigenvalue weighted by Gasteiger charge is -1.90. The van der Waals surface area contributed by atoms with Crippen molar-refractivity contribution in [1.29, 1.82) is 0 Å². The molecule has 2 nitrogen and oxygen atoms in total. The predicted octanol–water partition coefficient (Wildman–Crippen LogP) is 0.367. The summed E-state index contributed by atoms with van der Waals surface area (Å²) >= 11 is 0. The maximum atomic E-state index is 8.67. The minimum atomic E-state index is -0.0648. The van der Waals surface area contributed by atoms with Crippen LogP contribution >= 0.6 is 0 Å². The highest BCUT2D eigenvalue weighted by atomic mass is 16.3. The zero-order valence-electron chi connectivity index (χ0n) is 5.65. The zero-order chi connectivity index (χ0) is 6.41. The van der Waals surface area contributed by atoms with E-state index >= 15 is 0 Å². The van der Waals surface area contributed by atoms with Crippen LogP contribution in [-0.2, 0) is 0 Å². The molecular weight excluding hydrogens is 102 g/mol. The molecular formula is C6H15NO. The molecule has 1 aliphatic rings. The Morgan fingerprint density at radius 2 is 2.12 bits per heavy atom. The van der Waals surface area contributed by atoms with Crippen molar-refractivity contribution in [1.82, 2.24) is 5.32 Å². The fourth-order valence-electron chi connectivity index (χ4n) is 0.639. The summed E-state index contributed by atoms with van der Waals surface area (Å²) in [5, 5.41) is 11.7. The van der Waals surface area contributed by atoms with Gasteiger partial charge in [-0.3, -0.25) is 0 Å². The molecule has 2 heteroatoms. The summed E-state index contributed by atoms with van der Waals surface area (Å²) in [6.45, 7) is 5.78. The van der Waals surface area contributed by atoms with Crippen LogP contribution in [0.2, 0.25) is 0 Å². The molecule has 50 valence electrons. The molecule has 0 spiro atoms. The van der Waals surface area contributed by atoms with Gasteiger partial charge in [-0.15, -0.1) is 0 Å². The van der Waals surface area contributed by atoms with Crippen LogP contribution in [0.3, 0.4) is 0 Å². The van der Waals surface area contributed by atoms with Crippen molar-refractivity contribution in [2.75, 3.05) is 13.1 Å². The molecule has 0 bridgehead atoms. The average molecular weight is 117 g/mol. The minimum absolute atomic E-state index is 0.0648. The first-order valence-electron chi connectivity index (χ1n) is 3.28. The van der Waals surface area contributed by atoms with E-state index in [0.29, 0.717) is 0 Å². The summed E-state index contributed by atoms with van der Waals surface area (Å²) in [6, 6.07) is 0. The first-order chi connectivity index (χ1) is 3.89. The molecule has 0 amide bonds. The molecule has 2 N–H and O–H groups in total. The van der Waals surface area contributed by atoms with E-state index in [-0.39, 0.29) is 6.10 Å². The Labute approximate surface area is 50.9 Å². The number of nitrogens with one attached hydrogen (secondary N) is 1. The second-order valence-electron chi connectivity index (χ2n) is 1.65. The Bertz CT molecular complexity index is 41.8. The molecule has 1 rings (SSSR count). The molecule has 0 unspecified atom stereocenters. The number of rotatable bonds is 0. The van der Waals surface area contributed by atoms with Crippen molar-refractivity contribution in [3.05, 3.63) is 0 Å². The average Bonchev–Trinajstić information content (AvgIpc) is 2.24. The second-order valence-corrected chi connectivity index (χ2v) is 1.65. The molecule has 1 aliphatic heterocycles. The molecule has 0 aromatic heterocycles. The van der Waals surface area contributed by atoms with Gasteiger partial charge in [0.25, 0.3) is 0 Å². The number of aliphatic hydroxyl groups excluding tert-OH is 1. The van der Waals surface area contributed by atoms with Crippen LogP contribution < -0.4 is 5.32 Å². The summed E-state index contributed by atoms with van der Waals surface area (Å²) in [4.78, 5) is 0. The van der Waals surface area contributed by atoms with E-state index in [1.807, 2.05) is 13.8 Å². The summed E-state index contributed by atoms with van der Waals surface area (Å²) < 4.78 is 0. The van der Waals surface area contributed by atoms with Crippen molar-refractivity contribution in [3.8, 4) is 0 Å². The third kappa shape index (κ3) is 2.99. The highest BCUT2D eigenvalue weighted by molar-refractivity contribution is 4.67. The lowest BCUT2D eigenvalue weighted by Crippen LogP contribution is -2.11. The number of hydrogen-bond acceptors (Lipinski definition) is 2. The maximum absolute atomic E-state index is 8.67.